The Kier molecular flexibility index (Phi) is 12.8. The van der Waals surface area contributed by atoms with Crippen LogP contribution in [0, 0.1) is 5.92 Å². The number of rotatable bonds is 17. The van der Waals surface area contributed by atoms with Gasteiger partial charge in [0.05, 0.1) is 0 Å². The maximum Gasteiger partial charge on any atom is 0.223 e. The van der Waals surface area contributed by atoms with E-state index in [1.165, 1.54) is 31.2 Å². The summed E-state index contributed by atoms with van der Waals surface area (Å²) in [6.45, 7) is 2.06. The Balaban J connectivity index is 1.78. The summed E-state index contributed by atoms with van der Waals surface area (Å²) in [6.07, 6.45) is 3.10. The number of phenols is 4. The molecule has 2 rings (SSSR count). The minimum atomic E-state index is -0.560. The van der Waals surface area contributed by atoms with Gasteiger partial charge in [-0.1, -0.05) is 18.6 Å². The van der Waals surface area contributed by atoms with Gasteiger partial charge in [-0.25, -0.2) is 0 Å². The van der Waals surface area contributed by atoms with Gasteiger partial charge in [0.25, 0.3) is 0 Å². The summed E-state index contributed by atoms with van der Waals surface area (Å²) >= 11 is 0. The molecule has 0 aliphatic carbocycles. The number of amides is 2. The molecule has 2 aromatic rings. The molecule has 0 aromatic heterocycles. The van der Waals surface area contributed by atoms with E-state index >= 15 is 0 Å². The summed E-state index contributed by atoms with van der Waals surface area (Å²) in [5, 5.41) is 43.5. The van der Waals surface area contributed by atoms with Gasteiger partial charge in [0, 0.05) is 44.7 Å². The fraction of sp³-hybridized carbons (Fsp3) is 0.448. The average molecular weight is 543 g/mol. The van der Waals surface area contributed by atoms with Crippen molar-refractivity contribution in [2.45, 2.75) is 64.7 Å². The number of carbonyl (C=O) groups is 4. The molecule has 2 amide bonds. The largest absolute Gasteiger partial charge is 0.504 e. The number of aryl methyl sites for hydroxylation is 2. The number of benzene rings is 2. The van der Waals surface area contributed by atoms with Crippen molar-refractivity contribution in [2.75, 3.05) is 13.1 Å². The Morgan fingerprint density at radius 3 is 1.87 bits per heavy atom. The minimum absolute atomic E-state index is 0.0435. The van der Waals surface area contributed by atoms with Crippen LogP contribution in [-0.2, 0) is 32.0 Å². The summed E-state index contributed by atoms with van der Waals surface area (Å²) < 4.78 is 0. The van der Waals surface area contributed by atoms with Crippen LogP contribution in [0.25, 0.3) is 0 Å². The van der Waals surface area contributed by atoms with Crippen LogP contribution in [0.2, 0.25) is 0 Å². The maximum absolute atomic E-state index is 12.7. The highest BCUT2D eigenvalue weighted by Crippen LogP contribution is 2.26. The SMILES string of the molecule is CC(=O)CCNC(=O)C(CCCCNC(=O)CCc1ccc(O)c(O)c1)CC(=O)CCc1ccc(O)c(O)c1. The molecule has 10 heteroatoms. The van der Waals surface area contributed by atoms with Gasteiger partial charge < -0.3 is 31.1 Å². The van der Waals surface area contributed by atoms with Crippen LogP contribution < -0.4 is 10.6 Å². The zero-order valence-electron chi connectivity index (χ0n) is 22.2. The van der Waals surface area contributed by atoms with Gasteiger partial charge in [-0.2, -0.15) is 0 Å². The molecule has 212 valence electrons. The van der Waals surface area contributed by atoms with Gasteiger partial charge in [0.1, 0.15) is 11.6 Å². The van der Waals surface area contributed by atoms with Gasteiger partial charge in [-0.15, -0.1) is 0 Å². The molecule has 0 bridgehead atoms. The molecular formula is C29H38N2O8. The van der Waals surface area contributed by atoms with E-state index in [1.807, 2.05) is 0 Å². The van der Waals surface area contributed by atoms with E-state index in [-0.39, 0.29) is 78.6 Å². The summed E-state index contributed by atoms with van der Waals surface area (Å²) in [5.41, 5.74) is 1.42. The molecule has 10 nitrogen and oxygen atoms in total. The van der Waals surface area contributed by atoms with Crippen LogP contribution in [0.15, 0.2) is 36.4 Å². The first kappa shape index (κ1) is 31.1. The van der Waals surface area contributed by atoms with Gasteiger partial charge in [0.15, 0.2) is 23.0 Å². The average Bonchev–Trinajstić information content (AvgIpc) is 2.88. The number of carbonyl (C=O) groups excluding carboxylic acids is 4. The molecule has 0 aliphatic heterocycles. The lowest BCUT2D eigenvalue weighted by Crippen LogP contribution is -2.33. The van der Waals surface area contributed by atoms with Gasteiger partial charge in [-0.3, -0.25) is 19.2 Å². The lowest BCUT2D eigenvalue weighted by Gasteiger charge is -2.16. The molecule has 0 saturated heterocycles. The zero-order chi connectivity index (χ0) is 28.8. The molecule has 0 spiro atoms. The van der Waals surface area contributed by atoms with Crippen LogP contribution in [0.3, 0.4) is 0 Å². The van der Waals surface area contributed by atoms with Gasteiger partial charge in [-0.05, 0) is 68.0 Å². The molecule has 0 heterocycles. The van der Waals surface area contributed by atoms with Crippen LogP contribution in [0.5, 0.6) is 23.0 Å². The highest BCUT2D eigenvalue weighted by molar-refractivity contribution is 5.87. The molecule has 1 atom stereocenters. The number of nitrogens with one attached hydrogen (secondary N) is 2. The Hall–Kier alpha value is -4.08. The topological polar surface area (TPSA) is 173 Å². The fourth-order valence-electron chi connectivity index (χ4n) is 4.03. The minimum Gasteiger partial charge on any atom is -0.504 e. The van der Waals surface area contributed by atoms with Crippen molar-refractivity contribution in [1.29, 1.82) is 0 Å². The molecule has 0 fully saturated rings. The van der Waals surface area contributed by atoms with E-state index in [1.54, 1.807) is 12.1 Å². The third-order valence-corrected chi connectivity index (χ3v) is 6.34. The fourth-order valence-corrected chi connectivity index (χ4v) is 4.03. The van der Waals surface area contributed by atoms with Crippen molar-refractivity contribution in [3.8, 4) is 23.0 Å². The predicted octanol–water partition coefficient (Wildman–Crippen LogP) is 3.03. The number of hydrogen-bond donors (Lipinski definition) is 6. The number of unbranched alkanes of at least 4 members (excludes halogenated alkanes) is 1. The van der Waals surface area contributed by atoms with Crippen LogP contribution >= 0.6 is 0 Å². The summed E-state index contributed by atoms with van der Waals surface area (Å²) in [6, 6.07) is 8.81. The normalized spacial score (nSPS) is 11.5. The quantitative estimate of drug-likeness (QED) is 0.131. The molecule has 39 heavy (non-hydrogen) atoms. The molecule has 0 radical (unpaired) electrons. The lowest BCUT2D eigenvalue weighted by molar-refractivity contribution is -0.130. The predicted molar refractivity (Wildman–Crippen MR) is 144 cm³/mol. The Labute approximate surface area is 228 Å². The first-order chi connectivity index (χ1) is 18.5. The number of aromatic hydroxyl groups is 4. The smallest absolute Gasteiger partial charge is 0.223 e. The maximum atomic E-state index is 12.7. The third kappa shape index (κ3) is 11.9. The number of ketones is 2. The standard InChI is InChI=1S/C29H38N2O8/c1-19(32)13-15-31-29(39)22(18-23(33)9-5-20-6-10-24(34)26(36)16-20)4-2-3-14-30-28(38)12-8-21-7-11-25(35)27(37)17-21/h6-7,10-11,16-17,22,34-37H,2-5,8-9,12-15,18H2,1H3,(H,30,38)(H,31,39). The van der Waals surface area contributed by atoms with E-state index in [4.69, 9.17) is 0 Å². The highest BCUT2D eigenvalue weighted by Gasteiger charge is 2.21. The van der Waals surface area contributed by atoms with Crippen LogP contribution in [-0.4, -0.2) is 56.9 Å². The van der Waals surface area contributed by atoms with E-state index in [0.717, 1.165) is 5.56 Å². The van der Waals surface area contributed by atoms with Crippen molar-refractivity contribution in [2.24, 2.45) is 5.92 Å². The van der Waals surface area contributed by atoms with Crippen molar-refractivity contribution >= 4 is 23.4 Å². The van der Waals surface area contributed by atoms with E-state index in [0.29, 0.717) is 44.2 Å². The monoisotopic (exact) mass is 542 g/mol. The van der Waals surface area contributed by atoms with Gasteiger partial charge in [0.2, 0.25) is 11.8 Å². The van der Waals surface area contributed by atoms with E-state index in [2.05, 4.69) is 10.6 Å². The van der Waals surface area contributed by atoms with Crippen molar-refractivity contribution in [3.63, 3.8) is 0 Å². The van der Waals surface area contributed by atoms with Crippen LogP contribution in [0.4, 0.5) is 0 Å². The molecule has 0 aliphatic rings. The van der Waals surface area contributed by atoms with Crippen LogP contribution in [0.1, 0.15) is 63.0 Å². The van der Waals surface area contributed by atoms with E-state index in [9.17, 15) is 39.6 Å². The summed E-state index contributed by atoms with van der Waals surface area (Å²) in [5.74, 6) is -2.09. The highest BCUT2D eigenvalue weighted by atomic mass is 16.3. The number of Topliss-reactive ketones (excluding diaryl/α,β-unsaturated/α-hetero) is 2. The summed E-state index contributed by atoms with van der Waals surface area (Å²) in [7, 11) is 0. The number of hydrogen-bond acceptors (Lipinski definition) is 8. The third-order valence-electron chi connectivity index (χ3n) is 6.34. The Morgan fingerprint density at radius 2 is 1.31 bits per heavy atom. The van der Waals surface area contributed by atoms with Gasteiger partial charge >= 0.3 is 0 Å². The molecular weight excluding hydrogens is 504 g/mol. The number of phenolic OH excluding ortho intramolecular Hbond substituents is 4. The van der Waals surface area contributed by atoms with Crippen molar-refractivity contribution < 1.29 is 39.6 Å². The molecule has 6 N–H and O–H groups in total. The first-order valence-electron chi connectivity index (χ1n) is 13.1. The zero-order valence-corrected chi connectivity index (χ0v) is 22.2. The molecule has 1 unspecified atom stereocenters. The van der Waals surface area contributed by atoms with Crippen molar-refractivity contribution in [3.05, 3.63) is 47.5 Å². The van der Waals surface area contributed by atoms with E-state index < -0.39 is 5.92 Å². The first-order valence-corrected chi connectivity index (χ1v) is 13.1. The Bertz CT molecular complexity index is 1150. The Morgan fingerprint density at radius 1 is 0.718 bits per heavy atom. The van der Waals surface area contributed by atoms with Crippen molar-refractivity contribution in [1.82, 2.24) is 10.6 Å². The molecule has 2 aromatic carbocycles. The molecule has 0 saturated carbocycles. The second kappa shape index (κ2) is 16.0. The second-order valence-electron chi connectivity index (χ2n) is 9.67. The second-order valence-corrected chi connectivity index (χ2v) is 9.67. The lowest BCUT2D eigenvalue weighted by atomic mass is 9.93. The summed E-state index contributed by atoms with van der Waals surface area (Å²) in [4.78, 5) is 48.7.